The molecule has 0 saturated heterocycles. The standard InChI is InChI=1S/C2HBr4IS/c3-1(4)2(5,6)8-7/h1H. The van der Waals surface area contributed by atoms with Crippen LogP contribution in [-0.2, 0) is 0 Å². The zero-order valence-corrected chi connectivity index (χ0v) is 12.7. The summed E-state index contributed by atoms with van der Waals surface area (Å²) < 4.78 is 0.130. The molecule has 0 heterocycles. The molecule has 50 valence electrons. The van der Waals surface area contributed by atoms with Crippen molar-refractivity contribution < 1.29 is 0 Å². The van der Waals surface area contributed by atoms with Gasteiger partial charge in [0.2, 0.25) is 0 Å². The van der Waals surface area contributed by atoms with E-state index in [1.165, 1.54) is 0 Å². The molecule has 0 aliphatic heterocycles. The Kier molecular flexibility index (Phi) is 6.59. The molecule has 0 unspecified atom stereocenters. The van der Waals surface area contributed by atoms with Crippen LogP contribution in [0.1, 0.15) is 0 Å². The van der Waals surface area contributed by atoms with Gasteiger partial charge in [0.05, 0.1) is 0 Å². The molecular weight excluding hydrogens is 503 g/mol. The molecule has 0 bridgehead atoms. The van der Waals surface area contributed by atoms with E-state index in [1.54, 1.807) is 8.93 Å². The molecule has 0 aromatic heterocycles. The molecule has 0 saturated carbocycles. The number of rotatable bonds is 2. The molecule has 0 atom stereocenters. The van der Waals surface area contributed by atoms with Crippen molar-refractivity contribution in [3.63, 3.8) is 0 Å². The van der Waals surface area contributed by atoms with Crippen molar-refractivity contribution in [3.8, 4) is 0 Å². The van der Waals surface area contributed by atoms with Crippen molar-refractivity contribution >= 4 is 93.9 Å². The van der Waals surface area contributed by atoms with Crippen molar-refractivity contribution in [3.05, 3.63) is 0 Å². The van der Waals surface area contributed by atoms with E-state index < -0.39 is 0 Å². The second-order valence-corrected chi connectivity index (χ2v) is 10.7. The monoisotopic (exact) mass is 500 g/mol. The summed E-state index contributed by atoms with van der Waals surface area (Å²) in [6.07, 6.45) is 0. The summed E-state index contributed by atoms with van der Waals surface area (Å²) in [7, 11) is 1.64. The maximum Gasteiger partial charge on any atom is 0.157 e. The predicted octanol–water partition coefficient (Wildman–Crippen LogP) is 4.63. The normalized spacial score (nSPS) is 12.8. The second kappa shape index (κ2) is 4.79. The van der Waals surface area contributed by atoms with Crippen LogP contribution in [-0.4, -0.2) is 6.30 Å². The molecule has 0 N–H and O–H groups in total. The Labute approximate surface area is 98.4 Å². The number of hydrogen-bond donors (Lipinski definition) is 0. The SMILES string of the molecule is BrC(Br)C(Br)(Br)SI. The van der Waals surface area contributed by atoms with Crippen LogP contribution in [0.25, 0.3) is 0 Å². The van der Waals surface area contributed by atoms with Crippen LogP contribution in [0.2, 0.25) is 0 Å². The Morgan fingerprint density at radius 1 is 1.38 bits per heavy atom. The Morgan fingerprint density at radius 2 is 1.75 bits per heavy atom. The van der Waals surface area contributed by atoms with Crippen LogP contribution in [0.3, 0.4) is 0 Å². The molecule has 0 aromatic rings. The van der Waals surface area contributed by atoms with E-state index in [9.17, 15) is 0 Å². The fraction of sp³-hybridized carbons (Fsp3) is 1.00. The van der Waals surface area contributed by atoms with E-state index in [2.05, 4.69) is 84.9 Å². The molecule has 0 aliphatic carbocycles. The Bertz CT molecular complexity index is 74.4. The zero-order valence-electron chi connectivity index (χ0n) is 3.38. The summed E-state index contributed by atoms with van der Waals surface area (Å²) in [5.74, 6) is 0. The van der Waals surface area contributed by atoms with Crippen molar-refractivity contribution in [1.29, 1.82) is 0 Å². The summed E-state index contributed by atoms with van der Waals surface area (Å²) in [6, 6.07) is 0. The van der Waals surface area contributed by atoms with E-state index in [-0.39, 0.29) is 6.30 Å². The van der Waals surface area contributed by atoms with Gasteiger partial charge in [-0.25, -0.2) is 0 Å². The maximum absolute atomic E-state index is 3.42. The van der Waals surface area contributed by atoms with E-state index >= 15 is 0 Å². The first kappa shape index (κ1) is 11.0. The second-order valence-electron chi connectivity index (χ2n) is 0.940. The van der Waals surface area contributed by atoms with Gasteiger partial charge < -0.3 is 0 Å². The van der Waals surface area contributed by atoms with Crippen LogP contribution in [0.4, 0.5) is 0 Å². The molecule has 0 spiro atoms. The molecule has 0 rings (SSSR count). The first-order valence-corrected chi connectivity index (χ1v) is 8.24. The average molecular weight is 504 g/mol. The molecule has 0 fully saturated rings. The average Bonchev–Trinajstić information content (AvgIpc) is 1.67. The lowest BCUT2D eigenvalue weighted by Gasteiger charge is -2.16. The smallest absolute Gasteiger partial charge is 0.0730 e. The molecule has 0 aliphatic rings. The summed E-state index contributed by atoms with van der Waals surface area (Å²) in [6.45, 7) is 0. The Morgan fingerprint density at radius 3 is 1.75 bits per heavy atom. The van der Waals surface area contributed by atoms with Crippen molar-refractivity contribution in [2.75, 3.05) is 0 Å². The summed E-state index contributed by atoms with van der Waals surface area (Å²) in [5.41, 5.74) is 0. The van der Waals surface area contributed by atoms with Gasteiger partial charge in [-0.1, -0.05) is 72.7 Å². The highest BCUT2D eigenvalue weighted by atomic mass is 127. The molecule has 0 nitrogen and oxygen atoms in total. The van der Waals surface area contributed by atoms with Crippen molar-refractivity contribution in [1.82, 2.24) is 0 Å². The summed E-state index contributed by atoms with van der Waals surface area (Å²) in [5, 5.41) is 0. The number of halogens is 5. The minimum Gasteiger partial charge on any atom is -0.0730 e. The lowest BCUT2D eigenvalue weighted by molar-refractivity contribution is 1.38. The van der Waals surface area contributed by atoms with Crippen LogP contribution in [0.15, 0.2) is 0 Å². The molecule has 0 radical (unpaired) electrons. The topological polar surface area (TPSA) is 0 Å². The predicted molar refractivity (Wildman–Crippen MR) is 63.8 cm³/mol. The fourth-order valence-corrected chi connectivity index (χ4v) is 3.52. The Balaban J connectivity index is 3.71. The van der Waals surface area contributed by atoms with Gasteiger partial charge in [0.1, 0.15) is 3.74 Å². The van der Waals surface area contributed by atoms with Gasteiger partial charge in [-0.2, -0.15) is 0 Å². The van der Waals surface area contributed by atoms with Gasteiger partial charge in [0, 0.05) is 0 Å². The van der Waals surface area contributed by atoms with E-state index in [1.807, 2.05) is 0 Å². The van der Waals surface area contributed by atoms with Crippen molar-refractivity contribution in [2.45, 2.75) is 6.30 Å². The molecule has 6 heteroatoms. The number of alkyl halides is 4. The lowest BCUT2D eigenvalue weighted by Crippen LogP contribution is -2.11. The highest BCUT2D eigenvalue weighted by Crippen LogP contribution is 2.50. The minimum absolute atomic E-state index is 0.0967. The third kappa shape index (κ3) is 4.00. The lowest BCUT2D eigenvalue weighted by atomic mass is 11.0. The molecule has 8 heavy (non-hydrogen) atoms. The van der Waals surface area contributed by atoms with Gasteiger partial charge >= 0.3 is 0 Å². The van der Waals surface area contributed by atoms with Crippen LogP contribution in [0, 0.1) is 0 Å². The van der Waals surface area contributed by atoms with Gasteiger partial charge in [-0.3, -0.25) is 0 Å². The largest absolute Gasteiger partial charge is 0.157 e. The van der Waals surface area contributed by atoms with Gasteiger partial charge in [0.25, 0.3) is 0 Å². The molecule has 0 aromatic carbocycles. The van der Waals surface area contributed by atoms with E-state index in [0.29, 0.717) is 0 Å². The highest BCUT2D eigenvalue weighted by Gasteiger charge is 2.29. The van der Waals surface area contributed by atoms with E-state index in [4.69, 9.17) is 0 Å². The summed E-state index contributed by atoms with van der Waals surface area (Å²) in [4.78, 5) is 0. The van der Waals surface area contributed by atoms with Crippen LogP contribution >= 0.6 is 93.9 Å². The first-order valence-electron chi connectivity index (χ1n) is 1.46. The number of hydrogen-bond acceptors (Lipinski definition) is 1. The molecule has 0 amide bonds. The van der Waals surface area contributed by atoms with Crippen molar-refractivity contribution in [2.24, 2.45) is 0 Å². The van der Waals surface area contributed by atoms with Gasteiger partial charge in [-0.05, 0) is 21.2 Å². The third-order valence-corrected chi connectivity index (χ3v) is 12.8. The maximum atomic E-state index is 3.42. The zero-order chi connectivity index (χ0) is 6.78. The van der Waals surface area contributed by atoms with E-state index in [0.717, 1.165) is 0 Å². The first-order chi connectivity index (χ1) is 3.50. The fourth-order valence-electron chi connectivity index (χ4n) is 0.0337. The highest BCUT2D eigenvalue weighted by molar-refractivity contribution is 14.2. The van der Waals surface area contributed by atoms with Gasteiger partial charge in [0.15, 0.2) is 2.57 Å². The van der Waals surface area contributed by atoms with Crippen LogP contribution < -0.4 is 0 Å². The quantitative estimate of drug-likeness (QED) is 0.391. The minimum atomic E-state index is -0.0967. The third-order valence-electron chi connectivity index (χ3n) is 0.357. The van der Waals surface area contributed by atoms with Crippen LogP contribution in [0.5, 0.6) is 0 Å². The van der Waals surface area contributed by atoms with Gasteiger partial charge in [-0.15, -0.1) is 0 Å². The Hall–Kier alpha value is 3.00. The molecular formula is C2HBr4IS. The summed E-state index contributed by atoms with van der Waals surface area (Å²) >= 11 is 15.8.